The summed E-state index contributed by atoms with van der Waals surface area (Å²) in [7, 11) is 0. The van der Waals surface area contributed by atoms with Gasteiger partial charge in [-0.05, 0) is 30.3 Å². The number of nitrogens with zero attached hydrogens (tertiary/aromatic N) is 2. The summed E-state index contributed by atoms with van der Waals surface area (Å²) in [5, 5.41) is 5.40. The molecule has 1 aromatic heterocycles. The van der Waals surface area contributed by atoms with E-state index in [2.05, 4.69) is 20.6 Å². The van der Waals surface area contributed by atoms with Crippen LogP contribution in [0.25, 0.3) is 11.3 Å². The molecule has 0 radical (unpaired) electrons. The quantitative estimate of drug-likeness (QED) is 0.767. The zero-order valence-electron chi connectivity index (χ0n) is 13.6. The Labute approximate surface area is 145 Å². The van der Waals surface area contributed by atoms with Gasteiger partial charge in [-0.3, -0.25) is 14.9 Å². The largest absolute Gasteiger partial charge is 0.326 e. The molecule has 0 atom stereocenters. The molecule has 6 heteroatoms. The molecule has 0 fully saturated rings. The molecule has 0 saturated carbocycles. The molecule has 2 amide bonds. The Bertz CT molecular complexity index is 893. The number of hydrogen-bond acceptors (Lipinski definition) is 4. The summed E-state index contributed by atoms with van der Waals surface area (Å²) in [6, 6.07) is 17.9. The number of rotatable bonds is 4. The second kappa shape index (κ2) is 7.35. The summed E-state index contributed by atoms with van der Waals surface area (Å²) in [6.07, 6.45) is 1.59. The molecule has 2 aromatic carbocycles. The van der Waals surface area contributed by atoms with Gasteiger partial charge in [-0.1, -0.05) is 30.3 Å². The Morgan fingerprint density at radius 2 is 1.60 bits per heavy atom. The van der Waals surface area contributed by atoms with Crippen LogP contribution in [0.3, 0.4) is 0 Å². The van der Waals surface area contributed by atoms with Gasteiger partial charge in [0.2, 0.25) is 11.9 Å². The van der Waals surface area contributed by atoms with E-state index in [1.807, 2.05) is 18.2 Å². The molecule has 3 aromatic rings. The van der Waals surface area contributed by atoms with Crippen LogP contribution in [0.15, 0.2) is 66.9 Å². The minimum atomic E-state index is -0.265. The first-order chi connectivity index (χ1) is 12.1. The van der Waals surface area contributed by atoms with Crippen LogP contribution in [0.1, 0.15) is 17.3 Å². The van der Waals surface area contributed by atoms with Crippen LogP contribution >= 0.6 is 0 Å². The molecule has 2 N–H and O–H groups in total. The maximum absolute atomic E-state index is 12.2. The first-order valence-corrected chi connectivity index (χ1v) is 7.69. The van der Waals surface area contributed by atoms with Gasteiger partial charge in [0.05, 0.1) is 5.69 Å². The molecular formula is C19H16N4O2. The van der Waals surface area contributed by atoms with Gasteiger partial charge in [0.25, 0.3) is 5.91 Å². The summed E-state index contributed by atoms with van der Waals surface area (Å²) in [5.41, 5.74) is 2.78. The first-order valence-electron chi connectivity index (χ1n) is 7.69. The predicted octanol–water partition coefficient (Wildman–Crippen LogP) is 3.35. The number of carbonyl (C=O) groups excluding carboxylic acids is 2. The fourth-order valence-corrected chi connectivity index (χ4v) is 2.27. The summed E-state index contributed by atoms with van der Waals surface area (Å²) in [4.78, 5) is 31.7. The Kier molecular flexibility index (Phi) is 4.80. The average molecular weight is 332 g/mol. The number of benzene rings is 2. The monoisotopic (exact) mass is 332 g/mol. The zero-order valence-corrected chi connectivity index (χ0v) is 13.6. The molecule has 1 heterocycles. The van der Waals surface area contributed by atoms with Crippen LogP contribution in [0, 0.1) is 0 Å². The van der Waals surface area contributed by atoms with E-state index in [1.54, 1.807) is 48.7 Å². The van der Waals surface area contributed by atoms with Crippen molar-refractivity contribution in [2.24, 2.45) is 0 Å². The molecule has 0 unspecified atom stereocenters. The van der Waals surface area contributed by atoms with Gasteiger partial charge in [0, 0.05) is 29.9 Å². The van der Waals surface area contributed by atoms with Crippen molar-refractivity contribution in [1.29, 1.82) is 0 Å². The fourth-order valence-electron chi connectivity index (χ4n) is 2.27. The highest BCUT2D eigenvalue weighted by molar-refractivity contribution is 6.03. The lowest BCUT2D eigenvalue weighted by Crippen LogP contribution is -2.14. The molecule has 0 spiro atoms. The highest BCUT2D eigenvalue weighted by Crippen LogP contribution is 2.20. The van der Waals surface area contributed by atoms with Crippen molar-refractivity contribution in [3.63, 3.8) is 0 Å². The summed E-state index contributed by atoms with van der Waals surface area (Å²) < 4.78 is 0. The van der Waals surface area contributed by atoms with Crippen LogP contribution in [0.2, 0.25) is 0 Å². The molecule has 6 nitrogen and oxygen atoms in total. The van der Waals surface area contributed by atoms with E-state index in [4.69, 9.17) is 0 Å². The Balaban J connectivity index is 1.77. The van der Waals surface area contributed by atoms with E-state index >= 15 is 0 Å². The number of aromatic nitrogens is 2. The fraction of sp³-hybridized carbons (Fsp3) is 0.0526. The number of carbonyl (C=O) groups is 2. The van der Waals surface area contributed by atoms with Crippen LogP contribution < -0.4 is 10.6 Å². The molecule has 0 aliphatic carbocycles. The average Bonchev–Trinajstić information content (AvgIpc) is 2.63. The van der Waals surface area contributed by atoms with Crippen LogP contribution in [-0.4, -0.2) is 21.8 Å². The smallest absolute Gasteiger partial charge is 0.258 e. The molecular weight excluding hydrogens is 316 g/mol. The second-order valence-electron chi connectivity index (χ2n) is 5.34. The van der Waals surface area contributed by atoms with Crippen molar-refractivity contribution < 1.29 is 9.59 Å². The second-order valence-corrected chi connectivity index (χ2v) is 5.34. The SMILES string of the molecule is CC(=O)Nc1ccc(-c2ccnc(NC(=O)c3ccccc3)n2)cc1. The number of amides is 2. The van der Waals surface area contributed by atoms with Gasteiger partial charge in [0.1, 0.15) is 0 Å². The Morgan fingerprint density at radius 3 is 2.28 bits per heavy atom. The van der Waals surface area contributed by atoms with Crippen molar-refractivity contribution in [2.45, 2.75) is 6.92 Å². The van der Waals surface area contributed by atoms with Crippen LogP contribution in [0.4, 0.5) is 11.6 Å². The standard InChI is InChI=1S/C19H16N4O2/c1-13(24)21-16-9-7-14(8-10-16)17-11-12-20-19(22-17)23-18(25)15-5-3-2-4-6-15/h2-12H,1H3,(H,21,24)(H,20,22,23,25). The molecule has 0 aliphatic heterocycles. The van der Waals surface area contributed by atoms with E-state index in [0.29, 0.717) is 16.9 Å². The van der Waals surface area contributed by atoms with Gasteiger partial charge in [0.15, 0.2) is 0 Å². The van der Waals surface area contributed by atoms with E-state index in [-0.39, 0.29) is 17.8 Å². The van der Waals surface area contributed by atoms with Crippen molar-refractivity contribution in [3.8, 4) is 11.3 Å². The lowest BCUT2D eigenvalue weighted by atomic mass is 10.1. The van der Waals surface area contributed by atoms with E-state index in [1.165, 1.54) is 6.92 Å². The number of hydrogen-bond donors (Lipinski definition) is 2. The van der Waals surface area contributed by atoms with Gasteiger partial charge >= 0.3 is 0 Å². The molecule has 25 heavy (non-hydrogen) atoms. The lowest BCUT2D eigenvalue weighted by molar-refractivity contribution is -0.114. The molecule has 0 bridgehead atoms. The van der Waals surface area contributed by atoms with Crippen molar-refractivity contribution in [1.82, 2.24) is 9.97 Å². The third kappa shape index (κ3) is 4.26. The van der Waals surface area contributed by atoms with E-state index in [0.717, 1.165) is 5.56 Å². The van der Waals surface area contributed by atoms with Gasteiger partial charge in [-0.15, -0.1) is 0 Å². The summed E-state index contributed by atoms with van der Waals surface area (Å²) in [6.45, 7) is 1.46. The number of anilines is 2. The van der Waals surface area contributed by atoms with Crippen LogP contribution in [0.5, 0.6) is 0 Å². The predicted molar refractivity (Wildman–Crippen MR) is 96.2 cm³/mol. The topological polar surface area (TPSA) is 84.0 Å². The highest BCUT2D eigenvalue weighted by atomic mass is 16.2. The summed E-state index contributed by atoms with van der Waals surface area (Å²) in [5.74, 6) is -0.156. The first kappa shape index (κ1) is 16.3. The van der Waals surface area contributed by atoms with E-state index in [9.17, 15) is 9.59 Å². The van der Waals surface area contributed by atoms with E-state index < -0.39 is 0 Å². The maximum Gasteiger partial charge on any atom is 0.258 e. The minimum absolute atomic E-state index is 0.124. The minimum Gasteiger partial charge on any atom is -0.326 e. The van der Waals surface area contributed by atoms with Crippen LogP contribution in [-0.2, 0) is 4.79 Å². The van der Waals surface area contributed by atoms with Crippen molar-refractivity contribution in [3.05, 3.63) is 72.4 Å². The number of nitrogens with one attached hydrogen (secondary N) is 2. The molecule has 3 rings (SSSR count). The third-order valence-corrected chi connectivity index (χ3v) is 3.42. The molecule has 124 valence electrons. The van der Waals surface area contributed by atoms with Gasteiger partial charge in [-0.25, -0.2) is 9.97 Å². The lowest BCUT2D eigenvalue weighted by Gasteiger charge is -2.07. The Hall–Kier alpha value is -3.54. The molecule has 0 saturated heterocycles. The van der Waals surface area contributed by atoms with Crippen molar-refractivity contribution in [2.75, 3.05) is 10.6 Å². The highest BCUT2D eigenvalue weighted by Gasteiger charge is 2.08. The van der Waals surface area contributed by atoms with Gasteiger partial charge in [-0.2, -0.15) is 0 Å². The maximum atomic E-state index is 12.2. The summed E-state index contributed by atoms with van der Waals surface area (Å²) >= 11 is 0. The third-order valence-electron chi connectivity index (χ3n) is 3.42. The Morgan fingerprint density at radius 1 is 0.880 bits per heavy atom. The normalized spacial score (nSPS) is 10.1. The van der Waals surface area contributed by atoms with Crippen molar-refractivity contribution >= 4 is 23.5 Å². The van der Waals surface area contributed by atoms with Gasteiger partial charge < -0.3 is 5.32 Å². The zero-order chi connectivity index (χ0) is 17.6. The molecule has 0 aliphatic rings.